The van der Waals surface area contributed by atoms with Crippen LogP contribution < -0.4 is 19.5 Å². The summed E-state index contributed by atoms with van der Waals surface area (Å²) in [6, 6.07) is 21.2. The lowest BCUT2D eigenvalue weighted by atomic mass is 10.1. The number of amides is 1. The second kappa shape index (κ2) is 10.9. The van der Waals surface area contributed by atoms with Crippen molar-refractivity contribution in [1.82, 2.24) is 5.32 Å². The highest BCUT2D eigenvalue weighted by atomic mass is 32.2. The Morgan fingerprint density at radius 3 is 2.56 bits per heavy atom. The van der Waals surface area contributed by atoms with Crippen LogP contribution in [-0.2, 0) is 11.4 Å². The van der Waals surface area contributed by atoms with E-state index < -0.39 is 0 Å². The third-order valence-corrected chi connectivity index (χ3v) is 5.91. The lowest BCUT2D eigenvalue weighted by Crippen LogP contribution is -2.19. The molecule has 1 aliphatic rings. The Morgan fingerprint density at radius 2 is 1.82 bits per heavy atom. The van der Waals surface area contributed by atoms with Crippen molar-refractivity contribution in [3.05, 3.63) is 88.3 Å². The molecule has 3 aromatic carbocycles. The number of benzene rings is 3. The van der Waals surface area contributed by atoms with Gasteiger partial charge >= 0.3 is 0 Å². The van der Waals surface area contributed by atoms with Crippen LogP contribution in [0.15, 0.2) is 76.6 Å². The summed E-state index contributed by atoms with van der Waals surface area (Å²) in [6.45, 7) is 4.94. The maximum absolute atomic E-state index is 12.5. The molecule has 6 nitrogen and oxygen atoms in total. The van der Waals surface area contributed by atoms with Gasteiger partial charge in [0.15, 0.2) is 16.7 Å². The normalized spacial score (nSPS) is 15.4. The first-order chi connectivity index (χ1) is 16.5. The number of carbonyl (C=O) groups is 1. The molecule has 1 heterocycles. The molecule has 0 spiro atoms. The first kappa shape index (κ1) is 23.4. The Balaban J connectivity index is 1.49. The zero-order valence-electron chi connectivity index (χ0n) is 19.3. The van der Waals surface area contributed by atoms with E-state index in [-0.39, 0.29) is 5.91 Å². The van der Waals surface area contributed by atoms with E-state index in [1.807, 2.05) is 67.6 Å². The van der Waals surface area contributed by atoms with Crippen LogP contribution in [0.25, 0.3) is 6.08 Å². The second-order valence-electron chi connectivity index (χ2n) is 7.60. The lowest BCUT2D eigenvalue weighted by molar-refractivity contribution is -0.115. The zero-order valence-corrected chi connectivity index (χ0v) is 20.1. The van der Waals surface area contributed by atoms with Gasteiger partial charge in [-0.3, -0.25) is 4.79 Å². The van der Waals surface area contributed by atoms with Crippen LogP contribution >= 0.6 is 11.8 Å². The third kappa shape index (κ3) is 5.99. The van der Waals surface area contributed by atoms with E-state index in [0.717, 1.165) is 22.6 Å². The fraction of sp³-hybridized carbons (Fsp3) is 0.185. The zero-order chi connectivity index (χ0) is 23.9. The van der Waals surface area contributed by atoms with Crippen molar-refractivity contribution in [2.24, 2.45) is 4.99 Å². The summed E-state index contributed by atoms with van der Waals surface area (Å²) >= 11 is 1.30. The SMILES string of the molecule is CCOc1cc(/C=C2/SC(=Nc3ccc(OC)cc3)NC2=O)ccc1OCc1cccc(C)c1. The summed E-state index contributed by atoms with van der Waals surface area (Å²) in [5, 5.41) is 3.35. The van der Waals surface area contributed by atoms with Gasteiger partial charge in [0, 0.05) is 0 Å². The summed E-state index contributed by atoms with van der Waals surface area (Å²) in [5.41, 5.74) is 3.86. The Morgan fingerprint density at radius 1 is 1.00 bits per heavy atom. The molecule has 0 bridgehead atoms. The Kier molecular flexibility index (Phi) is 7.54. The molecule has 0 aromatic heterocycles. The predicted molar refractivity (Wildman–Crippen MR) is 137 cm³/mol. The Bertz CT molecular complexity index is 1240. The van der Waals surface area contributed by atoms with E-state index in [2.05, 4.69) is 29.4 Å². The van der Waals surface area contributed by atoms with Crippen LogP contribution in [0.3, 0.4) is 0 Å². The molecule has 1 saturated heterocycles. The van der Waals surface area contributed by atoms with Crippen molar-refractivity contribution in [2.75, 3.05) is 13.7 Å². The average Bonchev–Trinajstić information content (AvgIpc) is 3.17. The molecule has 7 heteroatoms. The first-order valence-corrected chi connectivity index (χ1v) is 11.7. The quantitative estimate of drug-likeness (QED) is 0.413. The number of aryl methyl sites for hydroxylation is 1. The minimum Gasteiger partial charge on any atom is -0.497 e. The van der Waals surface area contributed by atoms with Crippen molar-refractivity contribution in [2.45, 2.75) is 20.5 Å². The number of hydrogen-bond donors (Lipinski definition) is 1. The largest absolute Gasteiger partial charge is 0.497 e. The number of carbonyl (C=O) groups excluding carboxylic acids is 1. The van der Waals surface area contributed by atoms with Crippen molar-refractivity contribution in [3.63, 3.8) is 0 Å². The molecule has 4 rings (SSSR count). The van der Waals surface area contributed by atoms with E-state index in [9.17, 15) is 4.79 Å². The second-order valence-corrected chi connectivity index (χ2v) is 8.63. The highest BCUT2D eigenvalue weighted by molar-refractivity contribution is 8.18. The van der Waals surface area contributed by atoms with E-state index >= 15 is 0 Å². The maximum Gasteiger partial charge on any atom is 0.264 e. The Hall–Kier alpha value is -3.71. The van der Waals surface area contributed by atoms with Crippen LogP contribution in [0, 0.1) is 6.92 Å². The van der Waals surface area contributed by atoms with Crippen LogP contribution in [-0.4, -0.2) is 24.8 Å². The van der Waals surface area contributed by atoms with Gasteiger partial charge in [0.1, 0.15) is 12.4 Å². The topological polar surface area (TPSA) is 69.2 Å². The number of thioether (sulfide) groups is 1. The molecule has 0 aliphatic carbocycles. The van der Waals surface area contributed by atoms with Crippen molar-refractivity contribution >= 4 is 34.6 Å². The number of aliphatic imine (C=N–C) groups is 1. The number of ether oxygens (including phenoxy) is 3. The van der Waals surface area contributed by atoms with Crippen LogP contribution in [0.5, 0.6) is 17.2 Å². The lowest BCUT2D eigenvalue weighted by Gasteiger charge is -2.13. The van der Waals surface area contributed by atoms with Gasteiger partial charge < -0.3 is 19.5 Å². The van der Waals surface area contributed by atoms with Crippen molar-refractivity contribution in [1.29, 1.82) is 0 Å². The number of nitrogens with one attached hydrogen (secondary N) is 1. The summed E-state index contributed by atoms with van der Waals surface area (Å²) in [7, 11) is 1.62. The highest BCUT2D eigenvalue weighted by Crippen LogP contribution is 2.33. The number of hydrogen-bond acceptors (Lipinski definition) is 6. The van der Waals surface area contributed by atoms with E-state index in [4.69, 9.17) is 14.2 Å². The minimum absolute atomic E-state index is 0.185. The van der Waals surface area contributed by atoms with E-state index in [1.54, 1.807) is 7.11 Å². The molecule has 34 heavy (non-hydrogen) atoms. The van der Waals surface area contributed by atoms with Gasteiger partial charge in [-0.15, -0.1) is 0 Å². The molecule has 0 radical (unpaired) electrons. The predicted octanol–water partition coefficient (Wildman–Crippen LogP) is 5.87. The Labute approximate surface area is 203 Å². The standard InChI is InChI=1S/C27H26N2O4S/c1-4-32-24-15-19(8-13-23(24)33-17-20-7-5-6-18(2)14-20)16-25-26(30)29-27(34-25)28-21-9-11-22(31-3)12-10-21/h5-16H,4,17H2,1-3H3,(H,28,29,30)/b25-16+. The molecule has 1 N–H and O–H groups in total. The minimum atomic E-state index is -0.185. The van der Waals surface area contributed by atoms with Crippen LogP contribution in [0.1, 0.15) is 23.6 Å². The van der Waals surface area contributed by atoms with Gasteiger partial charge in [-0.1, -0.05) is 35.9 Å². The summed E-state index contributed by atoms with van der Waals surface area (Å²) in [5.74, 6) is 1.87. The molecule has 0 unspecified atom stereocenters. The molecule has 174 valence electrons. The van der Waals surface area contributed by atoms with Gasteiger partial charge in [-0.25, -0.2) is 4.99 Å². The molecule has 1 fully saturated rings. The van der Waals surface area contributed by atoms with E-state index in [1.165, 1.54) is 17.3 Å². The molecule has 0 atom stereocenters. The molecular formula is C27H26N2O4S. The van der Waals surface area contributed by atoms with Crippen LogP contribution in [0.2, 0.25) is 0 Å². The number of nitrogens with zero attached hydrogens (tertiary/aromatic N) is 1. The fourth-order valence-electron chi connectivity index (χ4n) is 3.37. The fourth-order valence-corrected chi connectivity index (χ4v) is 4.21. The van der Waals surface area contributed by atoms with Gasteiger partial charge in [-0.05, 0) is 79.2 Å². The number of methoxy groups -OCH3 is 1. The van der Waals surface area contributed by atoms with Gasteiger partial charge in [0.05, 0.1) is 24.3 Å². The summed E-state index contributed by atoms with van der Waals surface area (Å²) in [6.07, 6.45) is 1.82. The number of amidine groups is 1. The smallest absolute Gasteiger partial charge is 0.264 e. The van der Waals surface area contributed by atoms with Crippen molar-refractivity contribution in [3.8, 4) is 17.2 Å². The van der Waals surface area contributed by atoms with E-state index in [0.29, 0.717) is 34.8 Å². The number of rotatable bonds is 8. The molecule has 1 aliphatic heterocycles. The molecular weight excluding hydrogens is 448 g/mol. The summed E-state index contributed by atoms with van der Waals surface area (Å²) in [4.78, 5) is 17.5. The molecule has 0 saturated carbocycles. The van der Waals surface area contributed by atoms with Gasteiger partial charge in [-0.2, -0.15) is 0 Å². The molecule has 1 amide bonds. The summed E-state index contributed by atoms with van der Waals surface area (Å²) < 4.78 is 17.0. The molecule has 3 aromatic rings. The van der Waals surface area contributed by atoms with Gasteiger partial charge in [0.2, 0.25) is 0 Å². The van der Waals surface area contributed by atoms with Gasteiger partial charge in [0.25, 0.3) is 5.91 Å². The monoisotopic (exact) mass is 474 g/mol. The average molecular weight is 475 g/mol. The highest BCUT2D eigenvalue weighted by Gasteiger charge is 2.24. The van der Waals surface area contributed by atoms with Crippen molar-refractivity contribution < 1.29 is 19.0 Å². The first-order valence-electron chi connectivity index (χ1n) is 10.9. The third-order valence-electron chi connectivity index (χ3n) is 5.00. The van der Waals surface area contributed by atoms with Crippen LogP contribution in [0.4, 0.5) is 5.69 Å². The maximum atomic E-state index is 12.5.